The van der Waals surface area contributed by atoms with Crippen LogP contribution >= 0.6 is 23.2 Å². The van der Waals surface area contributed by atoms with Gasteiger partial charge in [-0.25, -0.2) is 0 Å². The Labute approximate surface area is 212 Å². The van der Waals surface area contributed by atoms with Crippen LogP contribution in [0.25, 0.3) is 0 Å². The van der Waals surface area contributed by atoms with E-state index in [1.807, 2.05) is 41.5 Å². The number of hydrogen-bond acceptors (Lipinski definition) is 5. The average molecular weight is 517 g/mol. The second-order valence-electron chi connectivity index (χ2n) is 12.3. The van der Waals surface area contributed by atoms with Gasteiger partial charge in [-0.2, -0.15) is 0 Å². The van der Waals surface area contributed by atoms with Gasteiger partial charge < -0.3 is 21.3 Å². The molecule has 0 aromatic carbocycles. The molecule has 3 aliphatic rings. The van der Waals surface area contributed by atoms with Gasteiger partial charge >= 0.3 is 0 Å². The molecule has 0 bridgehead atoms. The van der Waals surface area contributed by atoms with Crippen LogP contribution in [0.4, 0.5) is 0 Å². The summed E-state index contributed by atoms with van der Waals surface area (Å²) in [5, 5.41) is 6.12. The van der Waals surface area contributed by atoms with Gasteiger partial charge in [-0.15, -0.1) is 23.2 Å². The summed E-state index contributed by atoms with van der Waals surface area (Å²) in [5.41, 5.74) is 4.49. The number of carbonyl (C=O) groups is 4. The van der Waals surface area contributed by atoms with Crippen LogP contribution < -0.4 is 16.4 Å². The molecule has 0 aromatic rings. The Balaban J connectivity index is 1.85. The molecule has 34 heavy (non-hydrogen) atoms. The molecule has 3 fully saturated rings. The molecule has 0 spiro atoms. The smallest absolute Gasteiger partial charge is 0.287 e. The van der Waals surface area contributed by atoms with Gasteiger partial charge in [0.15, 0.2) is 0 Å². The molecule has 10 heteroatoms. The zero-order valence-corrected chi connectivity index (χ0v) is 22.4. The van der Waals surface area contributed by atoms with E-state index in [-0.39, 0.29) is 29.8 Å². The number of nitrogens with one attached hydrogen (secondary N) is 2. The molecule has 1 heterocycles. The van der Waals surface area contributed by atoms with Crippen LogP contribution in [0.5, 0.6) is 0 Å². The largest absolute Gasteiger partial charge is 0.363 e. The highest BCUT2D eigenvalue weighted by molar-refractivity contribution is 6.51. The maximum absolute atomic E-state index is 13.8. The van der Waals surface area contributed by atoms with Crippen molar-refractivity contribution in [1.29, 1.82) is 0 Å². The van der Waals surface area contributed by atoms with E-state index >= 15 is 0 Å². The molecule has 3 amide bonds. The van der Waals surface area contributed by atoms with Gasteiger partial charge in [0.25, 0.3) is 5.91 Å². The number of hydrogen-bond donors (Lipinski definition) is 3. The zero-order valence-electron chi connectivity index (χ0n) is 20.9. The maximum Gasteiger partial charge on any atom is 0.287 e. The number of halogens is 2. The molecule has 1 aliphatic heterocycles. The Morgan fingerprint density at radius 2 is 1.68 bits per heavy atom. The van der Waals surface area contributed by atoms with Crippen LogP contribution in [0.1, 0.15) is 67.2 Å². The number of nitrogens with two attached hydrogens (primary N) is 1. The summed E-state index contributed by atoms with van der Waals surface area (Å²) in [6.07, 6.45) is 3.29. The second kappa shape index (κ2) is 9.25. The minimum atomic E-state index is -1.11. The topological polar surface area (TPSA) is 122 Å². The van der Waals surface area contributed by atoms with Crippen molar-refractivity contribution in [1.82, 2.24) is 15.5 Å². The van der Waals surface area contributed by atoms with Crippen LogP contribution in [0.15, 0.2) is 0 Å². The Morgan fingerprint density at radius 3 is 2.12 bits per heavy atom. The standard InChI is InChI=1S/C24H38Cl2N4O4/c1-22(2,3)18(29-23(4,5)6)21(34)30-11-13-15(24(13,25)26)16(30)20(33)28-14(17(31)19(27)32)10-12-8-7-9-12/h12-16,18,29H,7-11H2,1-6H3,(H2,27,32)(H,28,33)/t13-,14?,15-,16-,18+/m0/s1. The minimum absolute atomic E-state index is 0.212. The monoisotopic (exact) mass is 516 g/mol. The predicted octanol–water partition coefficient (Wildman–Crippen LogP) is 2.15. The molecule has 1 saturated heterocycles. The fourth-order valence-electron chi connectivity index (χ4n) is 5.10. The van der Waals surface area contributed by atoms with Crippen molar-refractivity contribution < 1.29 is 19.2 Å². The number of ketones is 1. The van der Waals surface area contributed by atoms with Gasteiger partial charge in [-0.1, -0.05) is 40.0 Å². The third-order valence-corrected chi connectivity index (χ3v) is 8.31. The van der Waals surface area contributed by atoms with E-state index in [2.05, 4.69) is 10.6 Å². The molecule has 5 atom stereocenters. The molecule has 0 aromatic heterocycles. The van der Waals surface area contributed by atoms with Crippen molar-refractivity contribution in [2.45, 2.75) is 95.2 Å². The van der Waals surface area contributed by atoms with Crippen molar-refractivity contribution in [3.8, 4) is 0 Å². The highest BCUT2D eigenvalue weighted by Crippen LogP contribution is 2.65. The Hall–Kier alpha value is -1.38. The molecule has 192 valence electrons. The van der Waals surface area contributed by atoms with Crippen LogP contribution in [0.2, 0.25) is 0 Å². The van der Waals surface area contributed by atoms with Crippen molar-refractivity contribution >= 4 is 46.7 Å². The van der Waals surface area contributed by atoms with Crippen molar-refractivity contribution in [3.05, 3.63) is 0 Å². The zero-order chi connectivity index (χ0) is 25.8. The quantitative estimate of drug-likeness (QED) is 0.337. The molecule has 1 unspecified atom stereocenters. The number of carbonyl (C=O) groups excluding carboxylic acids is 4. The highest BCUT2D eigenvalue weighted by atomic mass is 35.5. The number of fused-ring (bicyclic) bond motifs is 1. The minimum Gasteiger partial charge on any atom is -0.363 e. The van der Waals surface area contributed by atoms with Gasteiger partial charge in [0, 0.05) is 23.9 Å². The Morgan fingerprint density at radius 1 is 1.09 bits per heavy atom. The van der Waals surface area contributed by atoms with Crippen LogP contribution in [-0.4, -0.2) is 62.9 Å². The van der Waals surface area contributed by atoms with Crippen LogP contribution in [0, 0.1) is 23.2 Å². The number of nitrogens with zero attached hydrogens (tertiary/aromatic N) is 1. The van der Waals surface area contributed by atoms with E-state index in [4.69, 9.17) is 28.9 Å². The van der Waals surface area contributed by atoms with E-state index < -0.39 is 51.4 Å². The Kier molecular flexibility index (Phi) is 7.40. The SMILES string of the molecule is CC(C)(C)N[C@H](C(=O)N1C[C@H]2[C@@H]([C@H]1C(=O)NC(CC1CCC1)C(=O)C(N)=O)C2(Cl)Cl)C(C)(C)C. The second-order valence-corrected chi connectivity index (χ2v) is 13.7. The molecule has 4 N–H and O–H groups in total. The summed E-state index contributed by atoms with van der Waals surface area (Å²) in [7, 11) is 0. The number of rotatable bonds is 8. The number of alkyl halides is 2. The first-order valence-electron chi connectivity index (χ1n) is 12.0. The van der Waals surface area contributed by atoms with Gasteiger partial charge in [-0.05, 0) is 38.5 Å². The lowest BCUT2D eigenvalue weighted by molar-refractivity contribution is -0.145. The first-order chi connectivity index (χ1) is 15.4. The van der Waals surface area contributed by atoms with E-state index in [0.29, 0.717) is 6.42 Å². The first kappa shape index (κ1) is 27.2. The van der Waals surface area contributed by atoms with E-state index in [9.17, 15) is 19.2 Å². The number of primary amides is 1. The lowest BCUT2D eigenvalue weighted by atomic mass is 9.80. The summed E-state index contributed by atoms with van der Waals surface area (Å²) in [6, 6.07) is -2.50. The summed E-state index contributed by atoms with van der Waals surface area (Å²) in [4.78, 5) is 52.9. The van der Waals surface area contributed by atoms with Gasteiger partial charge in [0.2, 0.25) is 17.6 Å². The lowest BCUT2D eigenvalue weighted by Gasteiger charge is -2.40. The number of piperidine rings is 1. The van der Waals surface area contributed by atoms with Crippen LogP contribution in [-0.2, 0) is 19.2 Å². The van der Waals surface area contributed by atoms with Crippen LogP contribution in [0.3, 0.4) is 0 Å². The third-order valence-electron chi connectivity index (χ3n) is 7.24. The summed E-state index contributed by atoms with van der Waals surface area (Å²) < 4.78 is -1.11. The Bertz CT molecular complexity index is 860. The molecule has 2 saturated carbocycles. The number of likely N-dealkylation sites (tertiary alicyclic amines) is 1. The van der Waals surface area contributed by atoms with E-state index in [1.165, 1.54) is 4.90 Å². The van der Waals surface area contributed by atoms with Gasteiger partial charge in [0.05, 0.1) is 12.1 Å². The molecule has 8 nitrogen and oxygen atoms in total. The van der Waals surface area contributed by atoms with Crippen molar-refractivity contribution in [2.75, 3.05) is 6.54 Å². The number of amides is 3. The maximum atomic E-state index is 13.8. The fourth-order valence-corrected chi connectivity index (χ4v) is 5.93. The molecular weight excluding hydrogens is 479 g/mol. The summed E-state index contributed by atoms with van der Waals surface area (Å²) in [5.74, 6) is -3.06. The van der Waals surface area contributed by atoms with Gasteiger partial charge in [0.1, 0.15) is 10.4 Å². The van der Waals surface area contributed by atoms with Crippen molar-refractivity contribution in [2.24, 2.45) is 28.9 Å². The van der Waals surface area contributed by atoms with E-state index in [0.717, 1.165) is 19.3 Å². The fraction of sp³-hybridized carbons (Fsp3) is 0.833. The third kappa shape index (κ3) is 5.54. The molecular formula is C24H38Cl2N4O4. The summed E-state index contributed by atoms with van der Waals surface area (Å²) in [6.45, 7) is 12.1. The van der Waals surface area contributed by atoms with Crippen molar-refractivity contribution in [3.63, 3.8) is 0 Å². The first-order valence-corrected chi connectivity index (χ1v) is 12.8. The molecule has 2 aliphatic carbocycles. The van der Waals surface area contributed by atoms with E-state index in [1.54, 1.807) is 0 Å². The lowest BCUT2D eigenvalue weighted by Crippen LogP contribution is -2.62. The van der Waals surface area contributed by atoms with Gasteiger partial charge in [-0.3, -0.25) is 19.2 Å². The number of Topliss-reactive ketones (excluding diaryl/α,β-unsaturated/α-hetero) is 1. The average Bonchev–Trinajstić information content (AvgIpc) is 3.00. The molecule has 0 radical (unpaired) electrons. The molecule has 3 rings (SSSR count). The predicted molar refractivity (Wildman–Crippen MR) is 131 cm³/mol. The summed E-state index contributed by atoms with van der Waals surface area (Å²) >= 11 is 12.9. The normalized spacial score (nSPS) is 27.9. The highest BCUT2D eigenvalue weighted by Gasteiger charge is 2.74.